The minimum atomic E-state index is 0.979. The van der Waals surface area contributed by atoms with E-state index in [0.29, 0.717) is 0 Å². The van der Waals surface area contributed by atoms with Crippen molar-refractivity contribution >= 4 is 16.7 Å². The highest BCUT2D eigenvalue weighted by atomic mass is 15.3. The Hall–Kier alpha value is -2.53. The molecule has 0 aliphatic carbocycles. The fourth-order valence-corrected chi connectivity index (χ4v) is 3.42. The standard InChI is InChI=1S/C20H23N5/c1-15-13-22-16(2)20(23-15)25-10-8-24(9-11-25)14-17-5-6-19-18(12-17)4-3-7-21-19/h3-7,12-13H,8-11,14H2,1-2H3. The molecule has 1 fully saturated rings. The summed E-state index contributed by atoms with van der Waals surface area (Å²) in [6, 6.07) is 10.7. The monoisotopic (exact) mass is 333 g/mol. The Bertz CT molecular complexity index is 884. The Kier molecular flexibility index (Phi) is 4.32. The van der Waals surface area contributed by atoms with Crippen molar-refractivity contribution in [3.8, 4) is 0 Å². The first-order valence-electron chi connectivity index (χ1n) is 8.80. The highest BCUT2D eigenvalue weighted by molar-refractivity contribution is 5.78. The Labute approximate surface area is 148 Å². The molecule has 25 heavy (non-hydrogen) atoms. The zero-order valence-corrected chi connectivity index (χ0v) is 14.8. The number of benzene rings is 1. The lowest BCUT2D eigenvalue weighted by molar-refractivity contribution is 0.249. The molecule has 0 spiro atoms. The van der Waals surface area contributed by atoms with Gasteiger partial charge >= 0.3 is 0 Å². The van der Waals surface area contributed by atoms with Crippen molar-refractivity contribution in [3.63, 3.8) is 0 Å². The fourth-order valence-electron chi connectivity index (χ4n) is 3.42. The van der Waals surface area contributed by atoms with E-state index in [4.69, 9.17) is 0 Å². The predicted molar refractivity (Wildman–Crippen MR) is 101 cm³/mol. The quantitative estimate of drug-likeness (QED) is 0.737. The lowest BCUT2D eigenvalue weighted by atomic mass is 10.1. The van der Waals surface area contributed by atoms with Gasteiger partial charge in [0, 0.05) is 50.5 Å². The first-order chi connectivity index (χ1) is 12.2. The molecule has 5 heteroatoms. The van der Waals surface area contributed by atoms with Crippen LogP contribution in [0, 0.1) is 13.8 Å². The van der Waals surface area contributed by atoms with Gasteiger partial charge in [-0.25, -0.2) is 4.98 Å². The van der Waals surface area contributed by atoms with Gasteiger partial charge < -0.3 is 4.90 Å². The van der Waals surface area contributed by atoms with Gasteiger partial charge in [-0.3, -0.25) is 14.9 Å². The largest absolute Gasteiger partial charge is 0.353 e. The summed E-state index contributed by atoms with van der Waals surface area (Å²) in [5.74, 6) is 1.04. The van der Waals surface area contributed by atoms with Gasteiger partial charge in [0.2, 0.25) is 0 Å². The van der Waals surface area contributed by atoms with Crippen LogP contribution in [0.4, 0.5) is 5.82 Å². The lowest BCUT2D eigenvalue weighted by Gasteiger charge is -2.36. The average molecular weight is 333 g/mol. The second-order valence-electron chi connectivity index (χ2n) is 6.71. The van der Waals surface area contributed by atoms with E-state index < -0.39 is 0 Å². The molecular weight excluding hydrogens is 310 g/mol. The van der Waals surface area contributed by atoms with E-state index in [1.165, 1.54) is 10.9 Å². The number of piperazine rings is 1. The summed E-state index contributed by atoms with van der Waals surface area (Å²) in [4.78, 5) is 18.4. The van der Waals surface area contributed by atoms with Gasteiger partial charge in [-0.05, 0) is 37.6 Å². The van der Waals surface area contributed by atoms with Crippen molar-refractivity contribution in [2.75, 3.05) is 31.1 Å². The van der Waals surface area contributed by atoms with E-state index in [-0.39, 0.29) is 0 Å². The molecule has 1 aromatic carbocycles. The van der Waals surface area contributed by atoms with Crippen LogP contribution in [0.15, 0.2) is 42.7 Å². The number of hydrogen-bond acceptors (Lipinski definition) is 5. The smallest absolute Gasteiger partial charge is 0.150 e. The highest BCUT2D eigenvalue weighted by Crippen LogP contribution is 2.19. The number of fused-ring (bicyclic) bond motifs is 1. The zero-order valence-electron chi connectivity index (χ0n) is 14.8. The maximum atomic E-state index is 4.68. The number of anilines is 1. The van der Waals surface area contributed by atoms with Gasteiger partial charge in [0.25, 0.3) is 0 Å². The molecule has 1 aliphatic heterocycles. The summed E-state index contributed by atoms with van der Waals surface area (Å²) >= 11 is 0. The number of aryl methyl sites for hydroxylation is 2. The maximum absolute atomic E-state index is 4.68. The van der Waals surface area contributed by atoms with Crippen LogP contribution in [-0.2, 0) is 6.54 Å². The Balaban J connectivity index is 1.42. The summed E-state index contributed by atoms with van der Waals surface area (Å²) in [7, 11) is 0. The molecule has 1 saturated heterocycles. The molecule has 0 saturated carbocycles. The van der Waals surface area contributed by atoms with Crippen LogP contribution < -0.4 is 4.90 Å². The van der Waals surface area contributed by atoms with Crippen molar-refractivity contribution in [2.24, 2.45) is 0 Å². The summed E-state index contributed by atoms with van der Waals surface area (Å²) in [6.45, 7) is 9.09. The molecule has 4 rings (SSSR count). The topological polar surface area (TPSA) is 45.2 Å². The fraction of sp³-hybridized carbons (Fsp3) is 0.350. The van der Waals surface area contributed by atoms with Crippen molar-refractivity contribution < 1.29 is 0 Å². The molecule has 3 aromatic rings. The van der Waals surface area contributed by atoms with Crippen LogP contribution in [0.3, 0.4) is 0 Å². The number of aromatic nitrogens is 3. The summed E-state index contributed by atoms with van der Waals surface area (Å²) in [6.07, 6.45) is 3.68. The van der Waals surface area contributed by atoms with Gasteiger partial charge in [0.05, 0.1) is 16.9 Å². The highest BCUT2D eigenvalue weighted by Gasteiger charge is 2.20. The molecule has 0 amide bonds. The molecule has 0 atom stereocenters. The van der Waals surface area contributed by atoms with Gasteiger partial charge in [-0.2, -0.15) is 0 Å². The van der Waals surface area contributed by atoms with Crippen molar-refractivity contribution in [1.82, 2.24) is 19.9 Å². The normalized spacial score (nSPS) is 15.7. The van der Waals surface area contributed by atoms with Crippen LogP contribution >= 0.6 is 0 Å². The van der Waals surface area contributed by atoms with Gasteiger partial charge in [0.15, 0.2) is 0 Å². The third-order valence-electron chi connectivity index (χ3n) is 4.80. The first kappa shape index (κ1) is 16.0. The van der Waals surface area contributed by atoms with E-state index in [1.807, 2.05) is 32.3 Å². The first-order valence-corrected chi connectivity index (χ1v) is 8.80. The zero-order chi connectivity index (χ0) is 17.2. The van der Waals surface area contributed by atoms with E-state index in [9.17, 15) is 0 Å². The summed E-state index contributed by atoms with van der Waals surface area (Å²) in [5, 5.41) is 1.21. The minimum absolute atomic E-state index is 0.979. The van der Waals surface area contributed by atoms with Crippen LogP contribution in [0.1, 0.15) is 17.0 Å². The third kappa shape index (κ3) is 3.46. The van der Waals surface area contributed by atoms with Crippen LogP contribution in [0.2, 0.25) is 0 Å². The van der Waals surface area contributed by atoms with Gasteiger partial charge in [0.1, 0.15) is 5.82 Å². The van der Waals surface area contributed by atoms with Crippen LogP contribution in [-0.4, -0.2) is 46.0 Å². The van der Waals surface area contributed by atoms with E-state index in [1.54, 1.807) is 0 Å². The number of rotatable bonds is 3. The number of hydrogen-bond donors (Lipinski definition) is 0. The second kappa shape index (κ2) is 6.76. The molecule has 128 valence electrons. The molecule has 5 nitrogen and oxygen atoms in total. The Morgan fingerprint density at radius 1 is 1.00 bits per heavy atom. The van der Waals surface area contributed by atoms with Gasteiger partial charge in [-0.1, -0.05) is 12.1 Å². The molecule has 0 unspecified atom stereocenters. The van der Waals surface area contributed by atoms with Crippen molar-refractivity contribution in [1.29, 1.82) is 0 Å². The predicted octanol–water partition coefficient (Wildman–Crippen LogP) is 2.96. The van der Waals surface area contributed by atoms with E-state index in [2.05, 4.69) is 49.0 Å². The van der Waals surface area contributed by atoms with Crippen LogP contribution in [0.5, 0.6) is 0 Å². The van der Waals surface area contributed by atoms with E-state index in [0.717, 1.165) is 55.4 Å². The molecule has 0 radical (unpaired) electrons. The summed E-state index contributed by atoms with van der Waals surface area (Å²) < 4.78 is 0. The van der Waals surface area contributed by atoms with Crippen molar-refractivity contribution in [3.05, 3.63) is 59.7 Å². The molecule has 0 bridgehead atoms. The Morgan fingerprint density at radius 2 is 1.84 bits per heavy atom. The third-order valence-corrected chi connectivity index (χ3v) is 4.80. The van der Waals surface area contributed by atoms with Crippen molar-refractivity contribution in [2.45, 2.75) is 20.4 Å². The SMILES string of the molecule is Cc1cnc(C)c(N2CCN(Cc3ccc4ncccc4c3)CC2)n1. The second-order valence-corrected chi connectivity index (χ2v) is 6.71. The molecular formula is C20H23N5. The lowest BCUT2D eigenvalue weighted by Crippen LogP contribution is -2.46. The Morgan fingerprint density at radius 3 is 2.68 bits per heavy atom. The number of nitrogens with zero attached hydrogens (tertiary/aromatic N) is 5. The molecule has 1 aliphatic rings. The van der Waals surface area contributed by atoms with Crippen LogP contribution in [0.25, 0.3) is 10.9 Å². The number of pyridine rings is 1. The van der Waals surface area contributed by atoms with Gasteiger partial charge in [-0.15, -0.1) is 0 Å². The minimum Gasteiger partial charge on any atom is -0.353 e. The molecule has 2 aromatic heterocycles. The molecule has 3 heterocycles. The maximum Gasteiger partial charge on any atom is 0.150 e. The summed E-state index contributed by atoms with van der Waals surface area (Å²) in [5.41, 5.74) is 4.40. The van der Waals surface area contributed by atoms with E-state index >= 15 is 0 Å². The molecule has 0 N–H and O–H groups in total. The average Bonchev–Trinajstić information content (AvgIpc) is 2.64.